The number of amides is 1. The molecule has 0 spiro atoms. The molecule has 1 N–H and O–H groups in total. The van der Waals surface area contributed by atoms with Crippen LogP contribution in [-0.4, -0.2) is 19.6 Å². The number of benzene rings is 2. The van der Waals surface area contributed by atoms with Crippen molar-refractivity contribution >= 4 is 34.8 Å². The molecule has 0 heterocycles. The van der Waals surface area contributed by atoms with Crippen LogP contribution in [0, 0.1) is 0 Å². The van der Waals surface area contributed by atoms with Crippen molar-refractivity contribution in [3.05, 3.63) is 52.0 Å². The first-order chi connectivity index (χ1) is 10.9. The minimum absolute atomic E-state index is 0.101. The van der Waals surface area contributed by atoms with Gasteiger partial charge in [-0.2, -0.15) is 8.78 Å². The Morgan fingerprint density at radius 3 is 2.57 bits per heavy atom. The summed E-state index contributed by atoms with van der Waals surface area (Å²) in [6.45, 7) is -3.02. The Balaban J connectivity index is 2.25. The van der Waals surface area contributed by atoms with Crippen LogP contribution in [-0.2, 0) is 0 Å². The maximum atomic E-state index is 12.4. The second-order valence-corrected chi connectivity index (χ2v) is 5.08. The lowest BCUT2D eigenvalue weighted by Crippen LogP contribution is -2.13. The van der Waals surface area contributed by atoms with Gasteiger partial charge in [0.15, 0.2) is 11.5 Å². The van der Waals surface area contributed by atoms with Crippen LogP contribution < -0.4 is 14.8 Å². The Morgan fingerprint density at radius 1 is 1.17 bits per heavy atom. The van der Waals surface area contributed by atoms with Crippen LogP contribution in [0.5, 0.6) is 11.5 Å². The second-order valence-electron chi connectivity index (χ2n) is 4.30. The third-order valence-electron chi connectivity index (χ3n) is 2.83. The van der Waals surface area contributed by atoms with Crippen molar-refractivity contribution in [2.75, 3.05) is 12.4 Å². The van der Waals surface area contributed by atoms with Gasteiger partial charge in [-0.1, -0.05) is 29.3 Å². The number of rotatable bonds is 5. The summed E-state index contributed by atoms with van der Waals surface area (Å²) in [6, 6.07) is 8.70. The van der Waals surface area contributed by atoms with Crippen molar-refractivity contribution in [1.82, 2.24) is 0 Å². The van der Waals surface area contributed by atoms with Crippen molar-refractivity contribution in [3.8, 4) is 11.5 Å². The molecule has 122 valence electrons. The molecule has 2 rings (SSSR count). The van der Waals surface area contributed by atoms with Gasteiger partial charge in [0.25, 0.3) is 5.91 Å². The highest BCUT2D eigenvalue weighted by Crippen LogP contribution is 2.32. The zero-order chi connectivity index (χ0) is 17.0. The van der Waals surface area contributed by atoms with Crippen LogP contribution in [0.1, 0.15) is 10.4 Å². The summed E-state index contributed by atoms with van der Waals surface area (Å²) in [5.41, 5.74) is 0.397. The highest BCUT2D eigenvalue weighted by Gasteiger charge is 2.15. The number of hydrogen-bond acceptors (Lipinski definition) is 3. The maximum Gasteiger partial charge on any atom is 0.387 e. The molecule has 0 atom stereocenters. The van der Waals surface area contributed by atoms with E-state index < -0.39 is 12.5 Å². The number of carbonyl (C=O) groups excluding carboxylic acids is 1. The van der Waals surface area contributed by atoms with E-state index in [-0.39, 0.29) is 32.8 Å². The van der Waals surface area contributed by atoms with E-state index in [0.717, 1.165) is 0 Å². The Bertz CT molecular complexity index is 726. The maximum absolute atomic E-state index is 12.4. The largest absolute Gasteiger partial charge is 0.493 e. The standard InChI is InChI=1S/C15H11Cl2F2NO3/c1-22-11-6-5-8(7-12(11)23-15(18)19)20-14(21)9-3-2-4-10(16)13(9)17/h2-7,15H,1H3,(H,20,21). The van der Waals surface area contributed by atoms with Gasteiger partial charge in [0.2, 0.25) is 0 Å². The van der Waals surface area contributed by atoms with E-state index in [9.17, 15) is 13.6 Å². The molecular weight excluding hydrogens is 351 g/mol. The van der Waals surface area contributed by atoms with Gasteiger partial charge in [-0.15, -0.1) is 0 Å². The summed E-state index contributed by atoms with van der Waals surface area (Å²) in [7, 11) is 1.32. The number of hydrogen-bond donors (Lipinski definition) is 1. The molecule has 2 aromatic rings. The Labute approximate surface area is 140 Å². The number of methoxy groups -OCH3 is 1. The van der Waals surface area contributed by atoms with E-state index in [2.05, 4.69) is 10.1 Å². The third kappa shape index (κ3) is 4.24. The van der Waals surface area contributed by atoms with Gasteiger partial charge in [-0.3, -0.25) is 4.79 Å². The molecule has 0 saturated heterocycles. The zero-order valence-electron chi connectivity index (χ0n) is 11.8. The average Bonchev–Trinajstić information content (AvgIpc) is 2.49. The highest BCUT2D eigenvalue weighted by molar-refractivity contribution is 6.44. The van der Waals surface area contributed by atoms with E-state index in [1.54, 1.807) is 12.1 Å². The first kappa shape index (κ1) is 17.3. The second kappa shape index (κ2) is 7.48. The van der Waals surface area contributed by atoms with Crippen LogP contribution in [0.4, 0.5) is 14.5 Å². The topological polar surface area (TPSA) is 47.6 Å². The number of halogens is 4. The highest BCUT2D eigenvalue weighted by atomic mass is 35.5. The Morgan fingerprint density at radius 2 is 1.91 bits per heavy atom. The van der Waals surface area contributed by atoms with Gasteiger partial charge in [0.1, 0.15) is 0 Å². The van der Waals surface area contributed by atoms with Crippen molar-refractivity contribution in [1.29, 1.82) is 0 Å². The van der Waals surface area contributed by atoms with E-state index in [1.807, 2.05) is 0 Å². The molecule has 23 heavy (non-hydrogen) atoms. The smallest absolute Gasteiger partial charge is 0.387 e. The molecule has 0 aliphatic heterocycles. The minimum atomic E-state index is -3.02. The van der Waals surface area contributed by atoms with E-state index in [4.69, 9.17) is 27.9 Å². The van der Waals surface area contributed by atoms with Crippen LogP contribution >= 0.6 is 23.2 Å². The summed E-state index contributed by atoms with van der Waals surface area (Å²) in [6.07, 6.45) is 0. The van der Waals surface area contributed by atoms with Crippen molar-refractivity contribution < 1.29 is 23.0 Å². The van der Waals surface area contributed by atoms with Crippen molar-refractivity contribution in [2.24, 2.45) is 0 Å². The molecule has 0 saturated carbocycles. The number of nitrogens with one attached hydrogen (secondary N) is 1. The van der Waals surface area contributed by atoms with Gasteiger partial charge < -0.3 is 14.8 Å². The Hall–Kier alpha value is -2.05. The van der Waals surface area contributed by atoms with Gasteiger partial charge in [0, 0.05) is 11.8 Å². The number of alkyl halides is 2. The number of ether oxygens (including phenoxy) is 2. The first-order valence-electron chi connectivity index (χ1n) is 6.30. The predicted molar refractivity (Wildman–Crippen MR) is 84.0 cm³/mol. The summed E-state index contributed by atoms with van der Waals surface area (Å²) in [4.78, 5) is 12.2. The molecule has 4 nitrogen and oxygen atoms in total. The SMILES string of the molecule is COc1ccc(NC(=O)c2cccc(Cl)c2Cl)cc1OC(F)F. The van der Waals surface area contributed by atoms with Crippen LogP contribution in [0.3, 0.4) is 0 Å². The van der Waals surface area contributed by atoms with E-state index in [1.165, 1.54) is 31.4 Å². The predicted octanol–water partition coefficient (Wildman–Crippen LogP) is 4.86. The van der Waals surface area contributed by atoms with Gasteiger partial charge in [-0.25, -0.2) is 0 Å². The quantitative estimate of drug-likeness (QED) is 0.827. The fourth-order valence-electron chi connectivity index (χ4n) is 1.82. The van der Waals surface area contributed by atoms with Crippen molar-refractivity contribution in [3.63, 3.8) is 0 Å². The third-order valence-corrected chi connectivity index (χ3v) is 3.65. The molecule has 0 bridgehead atoms. The van der Waals surface area contributed by atoms with Crippen molar-refractivity contribution in [2.45, 2.75) is 6.61 Å². The summed E-state index contributed by atoms with van der Waals surface area (Å²) < 4.78 is 34.1. The summed E-state index contributed by atoms with van der Waals surface area (Å²) in [5.74, 6) is -0.618. The molecular formula is C15H11Cl2F2NO3. The molecule has 8 heteroatoms. The Kier molecular flexibility index (Phi) is 5.63. The van der Waals surface area contributed by atoms with Crippen LogP contribution in [0.25, 0.3) is 0 Å². The molecule has 0 aliphatic rings. The molecule has 0 fully saturated rings. The number of carbonyl (C=O) groups is 1. The van der Waals surface area contributed by atoms with Crippen LogP contribution in [0.2, 0.25) is 10.0 Å². The molecule has 1 amide bonds. The van der Waals surface area contributed by atoms with Crippen LogP contribution in [0.15, 0.2) is 36.4 Å². The normalized spacial score (nSPS) is 10.5. The molecule has 0 radical (unpaired) electrons. The molecule has 0 aliphatic carbocycles. The summed E-state index contributed by atoms with van der Waals surface area (Å²) in [5, 5.41) is 2.86. The minimum Gasteiger partial charge on any atom is -0.493 e. The average molecular weight is 362 g/mol. The lowest BCUT2D eigenvalue weighted by molar-refractivity contribution is -0.0511. The van der Waals surface area contributed by atoms with Gasteiger partial charge >= 0.3 is 6.61 Å². The monoisotopic (exact) mass is 361 g/mol. The number of anilines is 1. The van der Waals surface area contributed by atoms with E-state index >= 15 is 0 Å². The zero-order valence-corrected chi connectivity index (χ0v) is 13.3. The van der Waals surface area contributed by atoms with Gasteiger partial charge in [0.05, 0.1) is 22.7 Å². The fraction of sp³-hybridized carbons (Fsp3) is 0.133. The van der Waals surface area contributed by atoms with Gasteiger partial charge in [-0.05, 0) is 24.3 Å². The van der Waals surface area contributed by atoms with E-state index in [0.29, 0.717) is 0 Å². The lowest BCUT2D eigenvalue weighted by atomic mass is 10.2. The summed E-state index contributed by atoms with van der Waals surface area (Å²) >= 11 is 11.8. The lowest BCUT2D eigenvalue weighted by Gasteiger charge is -2.12. The molecule has 0 aromatic heterocycles. The molecule has 2 aromatic carbocycles. The first-order valence-corrected chi connectivity index (χ1v) is 7.06. The molecule has 0 unspecified atom stereocenters. The fourth-order valence-corrected chi connectivity index (χ4v) is 2.21.